The van der Waals surface area contributed by atoms with Crippen molar-refractivity contribution < 1.29 is 27.3 Å². The van der Waals surface area contributed by atoms with Crippen LogP contribution < -0.4 is 10.6 Å². The molecule has 0 saturated heterocycles. The first kappa shape index (κ1) is 21.4. The average molecular weight is 444 g/mol. The van der Waals surface area contributed by atoms with E-state index in [2.05, 4.69) is 15.8 Å². The number of nitrogens with zero attached hydrogens (tertiary/aromatic N) is 2. The van der Waals surface area contributed by atoms with Gasteiger partial charge in [-0.3, -0.25) is 10.1 Å². The summed E-state index contributed by atoms with van der Waals surface area (Å²) < 4.78 is 44.4. The Kier molecular flexibility index (Phi) is 5.85. The van der Waals surface area contributed by atoms with E-state index >= 15 is 0 Å². The van der Waals surface area contributed by atoms with Crippen LogP contribution in [0.2, 0.25) is 0 Å². The van der Waals surface area contributed by atoms with E-state index in [0.29, 0.717) is 30.5 Å². The fraction of sp³-hybridized carbons (Fsp3) is 0.227. The first-order valence-corrected chi connectivity index (χ1v) is 9.81. The topological polar surface area (TPSA) is 87.5 Å². The smallest absolute Gasteiger partial charge is 0.363 e. The number of amides is 3. The number of aromatic nitrogens is 1. The summed E-state index contributed by atoms with van der Waals surface area (Å²) in [5.74, 6) is 0.279. The Labute approximate surface area is 181 Å². The Hall–Kier alpha value is -3.82. The van der Waals surface area contributed by atoms with E-state index < -0.39 is 11.7 Å². The Balaban J connectivity index is 1.69. The van der Waals surface area contributed by atoms with E-state index in [-0.39, 0.29) is 24.9 Å². The molecular weight excluding hydrogens is 425 g/mol. The van der Waals surface area contributed by atoms with E-state index in [1.807, 2.05) is 0 Å². The predicted octanol–water partition coefficient (Wildman–Crippen LogP) is 4.20. The maximum Gasteiger partial charge on any atom is 0.416 e. The molecule has 7 nitrogen and oxygen atoms in total. The van der Waals surface area contributed by atoms with Crippen LogP contribution in [0.5, 0.6) is 0 Å². The van der Waals surface area contributed by atoms with Crippen molar-refractivity contribution >= 4 is 18.3 Å². The summed E-state index contributed by atoms with van der Waals surface area (Å²) in [6.07, 6.45) is -2.08. The fourth-order valence-electron chi connectivity index (χ4n) is 3.83. The molecule has 1 aromatic heterocycles. The van der Waals surface area contributed by atoms with Gasteiger partial charge in [0.05, 0.1) is 5.56 Å². The first-order chi connectivity index (χ1) is 15.4. The molecule has 0 bridgehead atoms. The maximum atomic E-state index is 13.2. The fourth-order valence-corrected chi connectivity index (χ4v) is 3.83. The van der Waals surface area contributed by atoms with Crippen molar-refractivity contribution in [2.24, 2.45) is 0 Å². The number of benzene rings is 2. The molecule has 3 aromatic rings. The summed E-state index contributed by atoms with van der Waals surface area (Å²) in [5.41, 5.74) is 2.86. The summed E-state index contributed by atoms with van der Waals surface area (Å²) >= 11 is 0. The zero-order valence-electron chi connectivity index (χ0n) is 16.8. The summed E-state index contributed by atoms with van der Waals surface area (Å²) in [6.45, 7) is 0.850. The van der Waals surface area contributed by atoms with Crippen LogP contribution in [0, 0.1) is 0 Å². The van der Waals surface area contributed by atoms with Crippen LogP contribution >= 0.6 is 0 Å². The molecule has 3 amide bonds. The van der Waals surface area contributed by atoms with Crippen LogP contribution in [0.4, 0.5) is 23.8 Å². The van der Waals surface area contributed by atoms with Crippen molar-refractivity contribution in [3.05, 3.63) is 71.0 Å². The second kappa shape index (κ2) is 8.74. The van der Waals surface area contributed by atoms with Crippen LogP contribution in [0.3, 0.4) is 0 Å². The van der Waals surface area contributed by atoms with E-state index in [1.165, 1.54) is 18.4 Å². The Bertz CT molecular complexity index is 1130. The van der Waals surface area contributed by atoms with E-state index in [9.17, 15) is 22.8 Å². The lowest BCUT2D eigenvalue weighted by molar-refractivity contribution is -0.137. The van der Waals surface area contributed by atoms with Gasteiger partial charge in [-0.2, -0.15) is 13.2 Å². The quantitative estimate of drug-likeness (QED) is 0.578. The number of halogens is 3. The van der Waals surface area contributed by atoms with Crippen LogP contribution in [0.25, 0.3) is 11.1 Å². The largest absolute Gasteiger partial charge is 0.416 e. The van der Waals surface area contributed by atoms with Gasteiger partial charge in [0.15, 0.2) is 5.82 Å². The molecule has 2 heterocycles. The minimum atomic E-state index is -4.44. The molecule has 0 unspecified atom stereocenters. The minimum Gasteiger partial charge on any atom is -0.363 e. The second-order valence-electron chi connectivity index (χ2n) is 7.29. The highest BCUT2D eigenvalue weighted by Gasteiger charge is 2.31. The lowest BCUT2D eigenvalue weighted by atomic mass is 9.87. The first-order valence-electron chi connectivity index (χ1n) is 9.81. The number of rotatable bonds is 5. The molecule has 2 aromatic carbocycles. The van der Waals surface area contributed by atoms with Crippen LogP contribution in [-0.2, 0) is 30.5 Å². The van der Waals surface area contributed by atoms with Gasteiger partial charge in [-0.05, 0) is 46.4 Å². The molecule has 10 heteroatoms. The third-order valence-corrected chi connectivity index (χ3v) is 5.35. The van der Waals surface area contributed by atoms with Gasteiger partial charge in [-0.25, -0.2) is 4.79 Å². The molecule has 166 valence electrons. The van der Waals surface area contributed by atoms with Crippen molar-refractivity contribution in [3.63, 3.8) is 0 Å². The molecule has 1 aliphatic rings. The molecule has 0 spiro atoms. The lowest BCUT2D eigenvalue weighted by Gasteiger charge is -2.32. The normalized spacial score (nSPS) is 13.4. The molecule has 0 atom stereocenters. The number of hydrogen-bond acceptors (Lipinski definition) is 4. The highest BCUT2D eigenvalue weighted by molar-refractivity contribution is 5.88. The molecule has 0 radical (unpaired) electrons. The van der Waals surface area contributed by atoms with Crippen LogP contribution in [0.15, 0.2) is 53.3 Å². The number of alkyl halides is 3. The minimum absolute atomic E-state index is 0.238. The SMILES string of the molecule is O=CNCc1ccc(-c2cccc(C(F)(F)F)c2)c2c1CN(C(=O)Nc1ccon1)CC2. The van der Waals surface area contributed by atoms with Gasteiger partial charge < -0.3 is 14.7 Å². The molecule has 0 fully saturated rings. The van der Waals surface area contributed by atoms with E-state index in [0.717, 1.165) is 28.8 Å². The third-order valence-electron chi connectivity index (χ3n) is 5.35. The van der Waals surface area contributed by atoms with Gasteiger partial charge in [0.25, 0.3) is 0 Å². The van der Waals surface area contributed by atoms with Gasteiger partial charge >= 0.3 is 12.2 Å². The standard InChI is InChI=1S/C22H19F3N4O3/c23-22(24,25)16-3-1-2-14(10-16)17-5-4-15(11-26-13-30)19-12-29(8-6-18(17)19)21(31)27-20-7-9-32-28-20/h1-5,7,9-10,13H,6,8,11-12H2,(H,26,30)(H,27,28,31). The van der Waals surface area contributed by atoms with Crippen molar-refractivity contribution in [1.82, 2.24) is 15.4 Å². The molecule has 32 heavy (non-hydrogen) atoms. The summed E-state index contributed by atoms with van der Waals surface area (Å²) in [4.78, 5) is 25.0. The zero-order chi connectivity index (χ0) is 22.7. The van der Waals surface area contributed by atoms with Gasteiger partial charge in [0.2, 0.25) is 6.41 Å². The van der Waals surface area contributed by atoms with Crippen molar-refractivity contribution in [2.75, 3.05) is 11.9 Å². The molecule has 0 aliphatic carbocycles. The Morgan fingerprint density at radius 3 is 2.75 bits per heavy atom. The Morgan fingerprint density at radius 2 is 2.03 bits per heavy atom. The van der Waals surface area contributed by atoms with Crippen LogP contribution in [0.1, 0.15) is 22.3 Å². The monoisotopic (exact) mass is 444 g/mol. The maximum absolute atomic E-state index is 13.2. The van der Waals surface area contributed by atoms with Crippen molar-refractivity contribution in [1.29, 1.82) is 0 Å². The number of anilines is 1. The average Bonchev–Trinajstić information content (AvgIpc) is 3.29. The van der Waals surface area contributed by atoms with Gasteiger partial charge in [0, 0.05) is 25.7 Å². The summed E-state index contributed by atoms with van der Waals surface area (Å²) in [5, 5.41) is 8.91. The number of urea groups is 1. The molecule has 1 aliphatic heterocycles. The van der Waals surface area contributed by atoms with Gasteiger partial charge in [-0.15, -0.1) is 0 Å². The number of hydrogen-bond donors (Lipinski definition) is 2. The summed E-state index contributed by atoms with van der Waals surface area (Å²) in [7, 11) is 0. The second-order valence-corrected chi connectivity index (χ2v) is 7.29. The molecular formula is C22H19F3N4O3. The Morgan fingerprint density at radius 1 is 1.19 bits per heavy atom. The van der Waals surface area contributed by atoms with Gasteiger partial charge in [-0.1, -0.05) is 29.4 Å². The molecule has 0 saturated carbocycles. The zero-order valence-corrected chi connectivity index (χ0v) is 16.8. The molecule has 4 rings (SSSR count). The third kappa shape index (κ3) is 4.43. The van der Waals surface area contributed by atoms with E-state index in [1.54, 1.807) is 23.1 Å². The lowest BCUT2D eigenvalue weighted by Crippen LogP contribution is -2.39. The number of nitrogens with one attached hydrogen (secondary N) is 2. The summed E-state index contributed by atoms with van der Waals surface area (Å²) in [6, 6.07) is 9.86. The van der Waals surface area contributed by atoms with Crippen LogP contribution in [-0.4, -0.2) is 29.0 Å². The van der Waals surface area contributed by atoms with Crippen molar-refractivity contribution in [2.45, 2.75) is 25.7 Å². The number of fused-ring (bicyclic) bond motifs is 1. The highest BCUT2D eigenvalue weighted by atomic mass is 19.4. The number of carbonyl (C=O) groups is 2. The van der Waals surface area contributed by atoms with Crippen molar-refractivity contribution in [3.8, 4) is 11.1 Å². The number of carbonyl (C=O) groups excluding carboxylic acids is 2. The predicted molar refractivity (Wildman–Crippen MR) is 109 cm³/mol. The molecule has 2 N–H and O–H groups in total. The van der Waals surface area contributed by atoms with E-state index in [4.69, 9.17) is 4.52 Å². The highest BCUT2D eigenvalue weighted by Crippen LogP contribution is 2.36. The van der Waals surface area contributed by atoms with Gasteiger partial charge in [0.1, 0.15) is 6.26 Å².